The third-order valence-corrected chi connectivity index (χ3v) is 5.70. The minimum atomic E-state index is -0.120. The van der Waals surface area contributed by atoms with Gasteiger partial charge in [0.2, 0.25) is 5.91 Å². The highest BCUT2D eigenvalue weighted by molar-refractivity contribution is 6.04. The van der Waals surface area contributed by atoms with Gasteiger partial charge in [-0.2, -0.15) is 0 Å². The number of anilines is 2. The number of likely N-dealkylation sites (tertiary alicyclic amines) is 1. The fourth-order valence-corrected chi connectivity index (χ4v) is 3.87. The van der Waals surface area contributed by atoms with Crippen molar-refractivity contribution in [2.45, 2.75) is 38.1 Å². The van der Waals surface area contributed by atoms with E-state index in [1.165, 1.54) is 25.7 Å². The topological polar surface area (TPSA) is 77.6 Å². The molecule has 1 aromatic heterocycles. The van der Waals surface area contributed by atoms with E-state index in [1.807, 2.05) is 0 Å². The molecule has 26 heavy (non-hydrogen) atoms. The van der Waals surface area contributed by atoms with Crippen molar-refractivity contribution in [1.29, 1.82) is 0 Å². The highest BCUT2D eigenvalue weighted by atomic mass is 16.2. The summed E-state index contributed by atoms with van der Waals surface area (Å²) in [6.45, 7) is 2.81. The first kappa shape index (κ1) is 17.3. The second-order valence-corrected chi connectivity index (χ2v) is 7.71. The zero-order valence-electron chi connectivity index (χ0n) is 15.3. The van der Waals surface area contributed by atoms with Crippen LogP contribution in [0.3, 0.4) is 0 Å². The number of nitrogens with one attached hydrogen (secondary N) is 2. The lowest BCUT2D eigenvalue weighted by Crippen LogP contribution is -2.41. The number of hydrogen-bond acceptors (Lipinski definition) is 5. The first-order valence-corrected chi connectivity index (χ1v) is 9.64. The summed E-state index contributed by atoms with van der Waals surface area (Å²) in [5.74, 6) is 1.21. The van der Waals surface area contributed by atoms with Gasteiger partial charge in [-0.3, -0.25) is 9.59 Å². The van der Waals surface area contributed by atoms with E-state index in [1.54, 1.807) is 17.2 Å². The molecule has 0 spiro atoms. The predicted molar refractivity (Wildman–Crippen MR) is 100 cm³/mol. The molecule has 1 saturated carbocycles. The lowest BCUT2D eigenvalue weighted by atomic mass is 10.1. The van der Waals surface area contributed by atoms with Gasteiger partial charge in [-0.15, -0.1) is 0 Å². The van der Waals surface area contributed by atoms with Gasteiger partial charge in [0, 0.05) is 25.3 Å². The molecule has 7 heteroatoms. The van der Waals surface area contributed by atoms with Crippen molar-refractivity contribution in [3.8, 4) is 0 Å². The van der Waals surface area contributed by atoms with Gasteiger partial charge in [-0.05, 0) is 57.7 Å². The van der Waals surface area contributed by atoms with Crippen molar-refractivity contribution in [2.24, 2.45) is 5.92 Å². The van der Waals surface area contributed by atoms with Gasteiger partial charge in [0.1, 0.15) is 5.82 Å². The largest absolute Gasteiger partial charge is 0.359 e. The van der Waals surface area contributed by atoms with Gasteiger partial charge >= 0.3 is 0 Å². The van der Waals surface area contributed by atoms with Crippen LogP contribution in [0.25, 0.3) is 0 Å². The lowest BCUT2D eigenvalue weighted by molar-refractivity contribution is -0.117. The van der Waals surface area contributed by atoms with Gasteiger partial charge < -0.3 is 20.4 Å². The summed E-state index contributed by atoms with van der Waals surface area (Å²) < 4.78 is 0. The Kier molecular flexibility index (Phi) is 4.80. The summed E-state index contributed by atoms with van der Waals surface area (Å²) in [7, 11) is 2.14. The van der Waals surface area contributed by atoms with E-state index in [0.717, 1.165) is 25.2 Å². The molecule has 3 aliphatic rings. The molecule has 2 N–H and O–H groups in total. The second-order valence-electron chi connectivity index (χ2n) is 7.71. The molecule has 4 rings (SSSR count). The number of pyridine rings is 1. The van der Waals surface area contributed by atoms with Crippen LogP contribution in [-0.4, -0.2) is 61.0 Å². The maximum atomic E-state index is 12.5. The molecule has 140 valence electrons. The van der Waals surface area contributed by atoms with Crippen molar-refractivity contribution in [3.05, 3.63) is 17.8 Å². The van der Waals surface area contributed by atoms with E-state index < -0.39 is 0 Å². The van der Waals surface area contributed by atoms with Crippen molar-refractivity contribution >= 4 is 23.3 Å². The maximum Gasteiger partial charge on any atom is 0.252 e. The molecule has 3 heterocycles. The summed E-state index contributed by atoms with van der Waals surface area (Å²) in [5.41, 5.74) is 1.25. The third-order valence-electron chi connectivity index (χ3n) is 5.70. The Hall–Kier alpha value is -2.15. The highest BCUT2D eigenvalue weighted by Gasteiger charge is 2.32. The molecular weight excluding hydrogens is 330 g/mol. The lowest BCUT2D eigenvalue weighted by Gasteiger charge is -2.29. The average Bonchev–Trinajstić information content (AvgIpc) is 3.38. The van der Waals surface area contributed by atoms with Crippen LogP contribution in [-0.2, 0) is 4.79 Å². The average molecular weight is 357 g/mol. The monoisotopic (exact) mass is 357 g/mol. The fourth-order valence-electron chi connectivity index (χ4n) is 3.87. The Balaban J connectivity index is 1.41. The maximum absolute atomic E-state index is 12.5. The molecule has 2 fully saturated rings. The standard InChI is InChI=1S/C19H27N5O2/c1-23-8-2-3-15(23)6-7-20-19(26)14-9-16-18(21-10-14)22-11-17(25)24(16)12-13-4-5-13/h9-10,13,15H,2-8,11-12H2,1H3,(H,20,26)(H,21,22). The van der Waals surface area contributed by atoms with Crippen LogP contribution in [0.15, 0.2) is 12.3 Å². The number of carbonyl (C=O) groups is 2. The smallest absolute Gasteiger partial charge is 0.252 e. The Morgan fingerprint density at radius 3 is 2.96 bits per heavy atom. The highest BCUT2D eigenvalue weighted by Crippen LogP contribution is 2.35. The molecular formula is C19H27N5O2. The predicted octanol–water partition coefficient (Wildman–Crippen LogP) is 1.46. The van der Waals surface area contributed by atoms with Crippen LogP contribution < -0.4 is 15.5 Å². The Bertz CT molecular complexity index is 703. The molecule has 1 aliphatic carbocycles. The van der Waals surface area contributed by atoms with Gasteiger partial charge in [-0.1, -0.05) is 0 Å². The zero-order chi connectivity index (χ0) is 18.1. The first-order chi connectivity index (χ1) is 12.6. The number of carbonyl (C=O) groups excluding carboxylic acids is 2. The second kappa shape index (κ2) is 7.23. The molecule has 0 aromatic carbocycles. The molecule has 1 saturated heterocycles. The summed E-state index contributed by atoms with van der Waals surface area (Å²) in [4.78, 5) is 33.3. The van der Waals surface area contributed by atoms with E-state index in [4.69, 9.17) is 0 Å². The van der Waals surface area contributed by atoms with E-state index in [2.05, 4.69) is 27.6 Å². The SMILES string of the molecule is CN1CCCC1CCNC(=O)c1cnc2c(c1)N(CC1CC1)C(=O)CN2. The van der Waals surface area contributed by atoms with Gasteiger partial charge in [-0.25, -0.2) is 4.98 Å². The number of hydrogen-bond donors (Lipinski definition) is 2. The minimum Gasteiger partial charge on any atom is -0.359 e. The number of nitrogens with zero attached hydrogens (tertiary/aromatic N) is 3. The van der Waals surface area contributed by atoms with E-state index in [0.29, 0.717) is 29.9 Å². The quantitative estimate of drug-likeness (QED) is 0.806. The molecule has 2 amide bonds. The molecule has 7 nitrogen and oxygen atoms in total. The third kappa shape index (κ3) is 3.67. The van der Waals surface area contributed by atoms with E-state index in [-0.39, 0.29) is 18.4 Å². The molecule has 1 atom stereocenters. The molecule has 0 bridgehead atoms. The Morgan fingerprint density at radius 1 is 1.38 bits per heavy atom. The normalized spacial score (nSPS) is 22.9. The van der Waals surface area contributed by atoms with Crippen LogP contribution in [0, 0.1) is 5.92 Å². The Labute approximate surface area is 154 Å². The van der Waals surface area contributed by atoms with Crippen LogP contribution in [0.4, 0.5) is 11.5 Å². The summed E-state index contributed by atoms with van der Waals surface area (Å²) >= 11 is 0. The summed E-state index contributed by atoms with van der Waals surface area (Å²) in [6, 6.07) is 2.36. The number of rotatable bonds is 6. The molecule has 1 unspecified atom stereocenters. The van der Waals surface area contributed by atoms with E-state index in [9.17, 15) is 9.59 Å². The summed E-state index contributed by atoms with van der Waals surface area (Å²) in [5, 5.41) is 6.05. The van der Waals surface area contributed by atoms with E-state index >= 15 is 0 Å². The molecule has 2 aliphatic heterocycles. The summed E-state index contributed by atoms with van der Waals surface area (Å²) in [6.07, 6.45) is 7.35. The van der Waals surface area contributed by atoms with Crippen molar-refractivity contribution < 1.29 is 9.59 Å². The number of aromatic nitrogens is 1. The number of amides is 2. The Morgan fingerprint density at radius 2 is 2.23 bits per heavy atom. The molecule has 0 radical (unpaired) electrons. The fraction of sp³-hybridized carbons (Fsp3) is 0.632. The van der Waals surface area contributed by atoms with Crippen LogP contribution in [0.5, 0.6) is 0 Å². The van der Waals surface area contributed by atoms with Crippen LogP contribution in [0.1, 0.15) is 42.5 Å². The van der Waals surface area contributed by atoms with Crippen molar-refractivity contribution in [1.82, 2.24) is 15.2 Å². The van der Waals surface area contributed by atoms with Gasteiger partial charge in [0.25, 0.3) is 5.91 Å². The van der Waals surface area contributed by atoms with Crippen LogP contribution in [0.2, 0.25) is 0 Å². The van der Waals surface area contributed by atoms with Crippen molar-refractivity contribution in [2.75, 3.05) is 43.4 Å². The first-order valence-electron chi connectivity index (χ1n) is 9.64. The molecule has 1 aromatic rings. The number of fused-ring (bicyclic) bond motifs is 1. The minimum absolute atomic E-state index is 0.0491. The van der Waals surface area contributed by atoms with Crippen molar-refractivity contribution in [3.63, 3.8) is 0 Å². The zero-order valence-corrected chi connectivity index (χ0v) is 15.3. The van der Waals surface area contributed by atoms with Crippen LogP contribution >= 0.6 is 0 Å². The van der Waals surface area contributed by atoms with Gasteiger partial charge in [0.15, 0.2) is 0 Å². The van der Waals surface area contributed by atoms with Gasteiger partial charge in [0.05, 0.1) is 17.8 Å².